The predicted octanol–water partition coefficient (Wildman–Crippen LogP) is 5.42. The smallest absolute Gasteiger partial charge is 0.259 e. The van der Waals surface area contributed by atoms with Crippen molar-refractivity contribution in [1.29, 1.82) is 0 Å². The Balaban J connectivity index is 1.62. The number of carbonyl (C=O) groups excluding carboxylic acids is 1. The van der Waals surface area contributed by atoms with Gasteiger partial charge in [-0.15, -0.1) is 0 Å². The van der Waals surface area contributed by atoms with Gasteiger partial charge in [-0.1, -0.05) is 72.8 Å². The second-order valence-electron chi connectivity index (χ2n) is 6.72. The number of phenols is 1. The van der Waals surface area contributed by atoms with Gasteiger partial charge in [0.25, 0.3) is 5.91 Å². The average Bonchev–Trinajstić information content (AvgIpc) is 2.77. The lowest BCUT2D eigenvalue weighted by Gasteiger charge is -2.14. The monoisotopic (exact) mass is 383 g/mol. The van der Waals surface area contributed by atoms with Crippen LogP contribution in [0.2, 0.25) is 0 Å². The molecule has 0 aliphatic heterocycles. The van der Waals surface area contributed by atoms with E-state index in [-0.39, 0.29) is 17.2 Å². The fourth-order valence-electron chi connectivity index (χ4n) is 3.26. The molecule has 4 aromatic carbocycles. The number of rotatable bonds is 6. The Morgan fingerprint density at radius 2 is 1.45 bits per heavy atom. The van der Waals surface area contributed by atoms with Crippen LogP contribution in [0.15, 0.2) is 91.0 Å². The van der Waals surface area contributed by atoms with E-state index in [9.17, 15) is 9.90 Å². The van der Waals surface area contributed by atoms with E-state index in [0.29, 0.717) is 23.4 Å². The molecule has 0 saturated heterocycles. The number of hydrogen-bond acceptors (Lipinski definition) is 3. The molecule has 0 heterocycles. The molecule has 0 fully saturated rings. The Bertz CT molecular complexity index is 1120. The highest BCUT2D eigenvalue weighted by molar-refractivity contribution is 6.11. The minimum absolute atomic E-state index is 0.0514. The lowest BCUT2D eigenvalue weighted by molar-refractivity contribution is 0.102. The van der Waals surface area contributed by atoms with Gasteiger partial charge in [-0.3, -0.25) is 4.79 Å². The van der Waals surface area contributed by atoms with Crippen LogP contribution in [-0.4, -0.2) is 17.6 Å². The Kier molecular flexibility index (Phi) is 5.43. The Morgan fingerprint density at radius 1 is 0.828 bits per heavy atom. The van der Waals surface area contributed by atoms with Crippen LogP contribution in [0.3, 0.4) is 0 Å². The summed E-state index contributed by atoms with van der Waals surface area (Å²) in [4.78, 5) is 12.8. The summed E-state index contributed by atoms with van der Waals surface area (Å²) in [7, 11) is 0. The summed E-state index contributed by atoms with van der Waals surface area (Å²) in [6, 6.07) is 28.2. The van der Waals surface area contributed by atoms with E-state index in [1.165, 1.54) is 5.56 Å². The van der Waals surface area contributed by atoms with Crippen molar-refractivity contribution in [3.63, 3.8) is 0 Å². The predicted molar refractivity (Wildman–Crippen MR) is 116 cm³/mol. The van der Waals surface area contributed by atoms with Crippen LogP contribution in [0, 0.1) is 0 Å². The molecule has 0 unspecified atom stereocenters. The molecule has 29 heavy (non-hydrogen) atoms. The van der Waals surface area contributed by atoms with Gasteiger partial charge in [-0.2, -0.15) is 0 Å². The quantitative estimate of drug-likeness (QED) is 0.467. The first-order chi connectivity index (χ1) is 14.2. The highest BCUT2D eigenvalue weighted by Crippen LogP contribution is 2.36. The number of anilines is 1. The number of nitrogens with one attached hydrogen (secondary N) is 1. The van der Waals surface area contributed by atoms with E-state index >= 15 is 0 Å². The van der Waals surface area contributed by atoms with Gasteiger partial charge in [0.15, 0.2) is 0 Å². The molecule has 4 rings (SSSR count). The Labute approximate surface area is 169 Å². The molecule has 0 saturated carbocycles. The van der Waals surface area contributed by atoms with Crippen molar-refractivity contribution in [2.75, 3.05) is 11.9 Å². The zero-order chi connectivity index (χ0) is 20.1. The fourth-order valence-corrected chi connectivity index (χ4v) is 3.26. The summed E-state index contributed by atoms with van der Waals surface area (Å²) in [5, 5.41) is 14.9. The first-order valence-electron chi connectivity index (χ1n) is 9.50. The van der Waals surface area contributed by atoms with Crippen molar-refractivity contribution in [3.05, 3.63) is 102 Å². The Hall–Kier alpha value is -3.79. The van der Waals surface area contributed by atoms with Gasteiger partial charge in [0.05, 0.1) is 12.2 Å². The summed E-state index contributed by atoms with van der Waals surface area (Å²) >= 11 is 0. The van der Waals surface area contributed by atoms with Crippen molar-refractivity contribution in [2.45, 2.75) is 6.42 Å². The maximum atomic E-state index is 12.8. The minimum atomic E-state index is -0.382. The number of para-hydroxylation sites is 1. The summed E-state index contributed by atoms with van der Waals surface area (Å²) in [6.07, 6.45) is 0.752. The van der Waals surface area contributed by atoms with E-state index in [4.69, 9.17) is 4.74 Å². The molecule has 1 amide bonds. The van der Waals surface area contributed by atoms with Crippen LogP contribution in [0.1, 0.15) is 15.9 Å². The van der Waals surface area contributed by atoms with Crippen molar-refractivity contribution < 1.29 is 14.6 Å². The Morgan fingerprint density at radius 3 is 2.17 bits per heavy atom. The number of ether oxygens (including phenoxy) is 1. The summed E-state index contributed by atoms with van der Waals surface area (Å²) in [5.41, 5.74) is 2.02. The number of amides is 1. The van der Waals surface area contributed by atoms with Crippen LogP contribution < -0.4 is 10.1 Å². The molecule has 4 heteroatoms. The molecule has 144 valence electrons. The average molecular weight is 383 g/mol. The second kappa shape index (κ2) is 8.48. The number of carbonyl (C=O) groups is 1. The minimum Gasteiger partial charge on any atom is -0.506 e. The highest BCUT2D eigenvalue weighted by atomic mass is 16.5. The third-order valence-corrected chi connectivity index (χ3v) is 4.75. The standard InChI is InChI=1S/C25H21NO3/c27-24-21-14-8-7-13-20(21)23(29-16-15-18-9-3-1-4-10-18)17-22(24)25(28)26-19-11-5-2-6-12-19/h1-14,17,27H,15-16H2,(H,26,28). The molecule has 2 N–H and O–H groups in total. The second-order valence-corrected chi connectivity index (χ2v) is 6.72. The van der Waals surface area contributed by atoms with Crippen molar-refractivity contribution in [2.24, 2.45) is 0 Å². The van der Waals surface area contributed by atoms with Gasteiger partial charge in [0.2, 0.25) is 0 Å². The molecule has 0 radical (unpaired) electrons. The third kappa shape index (κ3) is 4.22. The number of benzene rings is 4. The molecule has 0 aliphatic rings. The molecule has 0 atom stereocenters. The van der Waals surface area contributed by atoms with Gasteiger partial charge in [0, 0.05) is 22.9 Å². The number of aromatic hydroxyl groups is 1. The first kappa shape index (κ1) is 18.6. The number of phenolic OH excluding ortho intramolecular Hbond substituents is 1. The van der Waals surface area contributed by atoms with E-state index in [1.54, 1.807) is 24.3 Å². The lowest BCUT2D eigenvalue weighted by Crippen LogP contribution is -2.13. The molecule has 4 aromatic rings. The molecular formula is C25H21NO3. The first-order valence-corrected chi connectivity index (χ1v) is 9.50. The molecule has 0 bridgehead atoms. The van der Waals surface area contributed by atoms with Crippen molar-refractivity contribution in [1.82, 2.24) is 0 Å². The van der Waals surface area contributed by atoms with Crippen LogP contribution in [0.5, 0.6) is 11.5 Å². The van der Waals surface area contributed by atoms with Gasteiger partial charge < -0.3 is 15.2 Å². The normalized spacial score (nSPS) is 10.6. The largest absolute Gasteiger partial charge is 0.506 e. The van der Waals surface area contributed by atoms with Gasteiger partial charge in [0.1, 0.15) is 11.5 Å². The van der Waals surface area contributed by atoms with Gasteiger partial charge in [-0.05, 0) is 23.8 Å². The van der Waals surface area contributed by atoms with Gasteiger partial charge >= 0.3 is 0 Å². The zero-order valence-electron chi connectivity index (χ0n) is 15.8. The number of hydrogen-bond donors (Lipinski definition) is 2. The number of fused-ring (bicyclic) bond motifs is 1. The molecule has 0 aromatic heterocycles. The maximum absolute atomic E-state index is 12.8. The highest BCUT2D eigenvalue weighted by Gasteiger charge is 2.18. The molecule has 4 nitrogen and oxygen atoms in total. The van der Waals surface area contributed by atoms with Crippen LogP contribution >= 0.6 is 0 Å². The summed E-state index contributed by atoms with van der Waals surface area (Å²) in [5.74, 6) is 0.143. The molecular weight excluding hydrogens is 362 g/mol. The maximum Gasteiger partial charge on any atom is 0.259 e. The van der Waals surface area contributed by atoms with Crippen LogP contribution in [-0.2, 0) is 6.42 Å². The van der Waals surface area contributed by atoms with E-state index in [2.05, 4.69) is 17.4 Å². The summed E-state index contributed by atoms with van der Waals surface area (Å²) < 4.78 is 6.03. The van der Waals surface area contributed by atoms with E-state index in [0.717, 1.165) is 11.8 Å². The summed E-state index contributed by atoms with van der Waals surface area (Å²) in [6.45, 7) is 0.471. The molecule has 0 spiro atoms. The van der Waals surface area contributed by atoms with Gasteiger partial charge in [-0.25, -0.2) is 0 Å². The topological polar surface area (TPSA) is 58.6 Å². The lowest BCUT2D eigenvalue weighted by atomic mass is 10.0. The van der Waals surface area contributed by atoms with Crippen molar-refractivity contribution in [3.8, 4) is 11.5 Å². The van der Waals surface area contributed by atoms with E-state index < -0.39 is 0 Å². The van der Waals surface area contributed by atoms with Crippen LogP contribution in [0.4, 0.5) is 5.69 Å². The van der Waals surface area contributed by atoms with E-state index in [1.807, 2.05) is 54.6 Å². The SMILES string of the molecule is O=C(Nc1ccccc1)c1cc(OCCc2ccccc2)c2ccccc2c1O. The van der Waals surface area contributed by atoms with Crippen LogP contribution in [0.25, 0.3) is 10.8 Å². The fraction of sp³-hybridized carbons (Fsp3) is 0.0800. The third-order valence-electron chi connectivity index (χ3n) is 4.75. The zero-order valence-corrected chi connectivity index (χ0v) is 15.8. The molecule has 0 aliphatic carbocycles. The van der Waals surface area contributed by atoms with Crippen molar-refractivity contribution >= 4 is 22.4 Å².